The van der Waals surface area contributed by atoms with E-state index in [4.69, 9.17) is 9.84 Å². The first-order chi connectivity index (χ1) is 6.54. The molecule has 0 saturated carbocycles. The number of aliphatic hydroxyl groups excluding tert-OH is 1. The standard InChI is InChI=1S/C11H22O3/c1-9(2)7-5-4-6-8-14-11(13)10(3)12/h9-10,12H,4-8H2,1-3H3. The first-order valence-corrected chi connectivity index (χ1v) is 5.38. The number of rotatable bonds is 7. The molecule has 0 aliphatic rings. The summed E-state index contributed by atoms with van der Waals surface area (Å²) in [5.41, 5.74) is 0. The van der Waals surface area contributed by atoms with Crippen LogP contribution in [0.25, 0.3) is 0 Å². The Morgan fingerprint density at radius 2 is 1.86 bits per heavy atom. The van der Waals surface area contributed by atoms with Crippen LogP contribution in [-0.2, 0) is 9.53 Å². The molecule has 0 radical (unpaired) electrons. The van der Waals surface area contributed by atoms with Gasteiger partial charge in [0.15, 0.2) is 0 Å². The van der Waals surface area contributed by atoms with Crippen LogP contribution in [0.1, 0.15) is 46.5 Å². The van der Waals surface area contributed by atoms with Gasteiger partial charge in [0.2, 0.25) is 0 Å². The van der Waals surface area contributed by atoms with Crippen molar-refractivity contribution >= 4 is 5.97 Å². The normalized spacial score (nSPS) is 12.9. The van der Waals surface area contributed by atoms with Crippen molar-refractivity contribution in [3.05, 3.63) is 0 Å². The van der Waals surface area contributed by atoms with Crippen LogP contribution in [-0.4, -0.2) is 23.8 Å². The van der Waals surface area contributed by atoms with Crippen LogP contribution >= 0.6 is 0 Å². The van der Waals surface area contributed by atoms with E-state index in [-0.39, 0.29) is 0 Å². The van der Waals surface area contributed by atoms with Gasteiger partial charge in [0.1, 0.15) is 6.10 Å². The van der Waals surface area contributed by atoms with E-state index in [9.17, 15) is 4.79 Å². The van der Waals surface area contributed by atoms with Crippen LogP contribution in [0.3, 0.4) is 0 Å². The van der Waals surface area contributed by atoms with Crippen molar-refractivity contribution < 1.29 is 14.6 Å². The van der Waals surface area contributed by atoms with E-state index < -0.39 is 12.1 Å². The predicted molar refractivity (Wildman–Crippen MR) is 55.9 cm³/mol. The smallest absolute Gasteiger partial charge is 0.334 e. The van der Waals surface area contributed by atoms with Crippen molar-refractivity contribution in [3.8, 4) is 0 Å². The Kier molecular flexibility index (Phi) is 7.48. The highest BCUT2D eigenvalue weighted by atomic mass is 16.5. The Labute approximate surface area is 86.5 Å². The van der Waals surface area contributed by atoms with Crippen LogP contribution in [0.15, 0.2) is 0 Å². The van der Waals surface area contributed by atoms with Crippen molar-refractivity contribution in [3.63, 3.8) is 0 Å². The van der Waals surface area contributed by atoms with Crippen LogP contribution in [0, 0.1) is 5.92 Å². The molecule has 0 aromatic rings. The number of unbranched alkanes of at least 4 members (excludes halogenated alkanes) is 2. The van der Waals surface area contributed by atoms with Gasteiger partial charge in [0, 0.05) is 0 Å². The highest BCUT2D eigenvalue weighted by Crippen LogP contribution is 2.07. The average molecular weight is 202 g/mol. The van der Waals surface area contributed by atoms with Gasteiger partial charge in [-0.2, -0.15) is 0 Å². The fourth-order valence-electron chi connectivity index (χ4n) is 1.12. The summed E-state index contributed by atoms with van der Waals surface area (Å²) in [6, 6.07) is 0. The molecule has 1 unspecified atom stereocenters. The molecule has 0 bridgehead atoms. The maximum atomic E-state index is 10.8. The predicted octanol–water partition coefficient (Wildman–Crippen LogP) is 2.13. The molecule has 84 valence electrons. The summed E-state index contributed by atoms with van der Waals surface area (Å²) in [5.74, 6) is 0.226. The van der Waals surface area contributed by atoms with Crippen LogP contribution in [0.5, 0.6) is 0 Å². The lowest BCUT2D eigenvalue weighted by Gasteiger charge is -2.07. The molecule has 3 heteroatoms. The zero-order chi connectivity index (χ0) is 11.0. The van der Waals surface area contributed by atoms with Crippen molar-refractivity contribution in [2.45, 2.75) is 52.6 Å². The van der Waals surface area contributed by atoms with Crippen LogP contribution < -0.4 is 0 Å². The lowest BCUT2D eigenvalue weighted by atomic mass is 10.1. The molecule has 1 N–H and O–H groups in total. The minimum Gasteiger partial charge on any atom is -0.464 e. The number of ether oxygens (including phenoxy) is 1. The summed E-state index contributed by atoms with van der Waals surface area (Å²) < 4.78 is 4.82. The third kappa shape index (κ3) is 8.05. The van der Waals surface area contributed by atoms with Gasteiger partial charge in [0.05, 0.1) is 6.61 Å². The molecule has 0 amide bonds. The minimum absolute atomic E-state index is 0.432. The van der Waals surface area contributed by atoms with Crippen molar-refractivity contribution in [1.29, 1.82) is 0 Å². The molecule has 0 fully saturated rings. The average Bonchev–Trinajstić information content (AvgIpc) is 2.09. The zero-order valence-electron chi connectivity index (χ0n) is 9.45. The molecule has 0 aliphatic heterocycles. The second-order valence-corrected chi connectivity index (χ2v) is 4.09. The van der Waals surface area contributed by atoms with E-state index in [2.05, 4.69) is 13.8 Å². The molecule has 0 heterocycles. The number of hydrogen-bond acceptors (Lipinski definition) is 3. The third-order valence-electron chi connectivity index (χ3n) is 2.01. The fourth-order valence-corrected chi connectivity index (χ4v) is 1.12. The Bertz CT molecular complexity index is 153. The number of hydrogen-bond donors (Lipinski definition) is 1. The summed E-state index contributed by atoms with van der Waals surface area (Å²) in [6.45, 7) is 6.25. The van der Waals surface area contributed by atoms with E-state index in [1.54, 1.807) is 0 Å². The molecule has 0 aromatic heterocycles. The van der Waals surface area contributed by atoms with E-state index in [1.165, 1.54) is 19.8 Å². The summed E-state index contributed by atoms with van der Waals surface area (Å²) in [7, 11) is 0. The molecule has 0 spiro atoms. The van der Waals surface area contributed by atoms with E-state index in [0.717, 1.165) is 18.8 Å². The minimum atomic E-state index is -0.995. The zero-order valence-corrected chi connectivity index (χ0v) is 9.45. The van der Waals surface area contributed by atoms with Crippen LogP contribution in [0.2, 0.25) is 0 Å². The first-order valence-electron chi connectivity index (χ1n) is 5.38. The molecule has 1 atom stereocenters. The molecule has 0 saturated heterocycles. The summed E-state index contributed by atoms with van der Waals surface area (Å²) in [6.07, 6.45) is 3.40. The number of esters is 1. The summed E-state index contributed by atoms with van der Waals surface area (Å²) in [4.78, 5) is 10.8. The maximum absolute atomic E-state index is 10.8. The quantitative estimate of drug-likeness (QED) is 0.508. The highest BCUT2D eigenvalue weighted by Gasteiger charge is 2.08. The summed E-state index contributed by atoms with van der Waals surface area (Å²) in [5, 5.41) is 8.82. The van der Waals surface area contributed by atoms with Gasteiger partial charge in [0.25, 0.3) is 0 Å². The van der Waals surface area contributed by atoms with Gasteiger partial charge in [-0.05, 0) is 19.3 Å². The maximum Gasteiger partial charge on any atom is 0.334 e. The molecule has 0 rings (SSSR count). The molecule has 3 nitrogen and oxygen atoms in total. The second-order valence-electron chi connectivity index (χ2n) is 4.09. The van der Waals surface area contributed by atoms with Crippen molar-refractivity contribution in [1.82, 2.24) is 0 Å². The summed E-state index contributed by atoms with van der Waals surface area (Å²) >= 11 is 0. The largest absolute Gasteiger partial charge is 0.464 e. The van der Waals surface area contributed by atoms with Gasteiger partial charge < -0.3 is 9.84 Å². The Morgan fingerprint density at radius 3 is 2.36 bits per heavy atom. The lowest BCUT2D eigenvalue weighted by Crippen LogP contribution is -2.19. The Morgan fingerprint density at radius 1 is 1.21 bits per heavy atom. The van der Waals surface area contributed by atoms with Gasteiger partial charge >= 0.3 is 5.97 Å². The number of aliphatic hydroxyl groups is 1. The lowest BCUT2D eigenvalue weighted by molar-refractivity contribution is -0.152. The SMILES string of the molecule is CC(C)CCCCCOC(=O)C(C)O. The fraction of sp³-hybridized carbons (Fsp3) is 0.909. The van der Waals surface area contributed by atoms with Gasteiger partial charge in [-0.15, -0.1) is 0 Å². The molecular weight excluding hydrogens is 180 g/mol. The van der Waals surface area contributed by atoms with E-state index in [0.29, 0.717) is 6.61 Å². The number of carbonyl (C=O) groups is 1. The third-order valence-corrected chi connectivity index (χ3v) is 2.01. The van der Waals surface area contributed by atoms with E-state index in [1.807, 2.05) is 0 Å². The van der Waals surface area contributed by atoms with Gasteiger partial charge in [-0.25, -0.2) is 4.79 Å². The van der Waals surface area contributed by atoms with Gasteiger partial charge in [-0.3, -0.25) is 0 Å². The van der Waals surface area contributed by atoms with Crippen molar-refractivity contribution in [2.24, 2.45) is 5.92 Å². The Hall–Kier alpha value is -0.570. The van der Waals surface area contributed by atoms with Crippen molar-refractivity contribution in [2.75, 3.05) is 6.61 Å². The number of carbonyl (C=O) groups excluding carboxylic acids is 1. The monoisotopic (exact) mass is 202 g/mol. The molecule has 0 aromatic carbocycles. The Balaban J connectivity index is 3.18. The second kappa shape index (κ2) is 7.80. The molecular formula is C11H22O3. The molecule has 0 aliphatic carbocycles. The highest BCUT2D eigenvalue weighted by molar-refractivity contribution is 5.73. The van der Waals surface area contributed by atoms with Crippen LogP contribution in [0.4, 0.5) is 0 Å². The van der Waals surface area contributed by atoms with E-state index >= 15 is 0 Å². The topological polar surface area (TPSA) is 46.5 Å². The first kappa shape index (κ1) is 13.4. The molecule has 14 heavy (non-hydrogen) atoms. The van der Waals surface area contributed by atoms with Gasteiger partial charge in [-0.1, -0.05) is 33.1 Å².